The summed E-state index contributed by atoms with van der Waals surface area (Å²) in [6.07, 6.45) is 6.02. The molecular weight excluding hydrogens is 318 g/mol. The van der Waals surface area contributed by atoms with Gasteiger partial charge in [-0.25, -0.2) is 4.98 Å². The smallest absolute Gasteiger partial charge is 0.181 e. The van der Waals surface area contributed by atoms with Crippen LogP contribution in [0.1, 0.15) is 79.8 Å². The number of unbranched alkanes of at least 4 members (excludes halogenated alkanes) is 3. The van der Waals surface area contributed by atoms with E-state index < -0.39 is 0 Å². The molecule has 4 heteroatoms. The molecule has 1 heterocycles. The highest BCUT2D eigenvalue weighted by Crippen LogP contribution is 2.17. The predicted molar refractivity (Wildman–Crippen MR) is 84.3 cm³/mol. The summed E-state index contributed by atoms with van der Waals surface area (Å²) < 4.78 is 0.740. The van der Waals surface area contributed by atoms with Gasteiger partial charge in [0.15, 0.2) is 11.6 Å². The Morgan fingerprint density at radius 2 is 1.55 bits per heavy atom. The van der Waals surface area contributed by atoms with Crippen LogP contribution in [0.25, 0.3) is 0 Å². The molecule has 1 rings (SSSR count). The molecule has 3 nitrogen and oxygen atoms in total. The van der Waals surface area contributed by atoms with Crippen molar-refractivity contribution in [1.82, 2.24) is 4.98 Å². The molecule has 0 saturated carbocycles. The summed E-state index contributed by atoms with van der Waals surface area (Å²) in [6, 6.07) is 3.39. The first-order chi connectivity index (χ1) is 9.58. The first-order valence-corrected chi connectivity index (χ1v) is 8.11. The Kier molecular flexibility index (Phi) is 7.67. The number of ketones is 2. The Morgan fingerprint density at radius 3 is 2.10 bits per heavy atom. The third-order valence-electron chi connectivity index (χ3n) is 3.10. The Balaban J connectivity index is 2.74. The summed E-state index contributed by atoms with van der Waals surface area (Å²) in [4.78, 5) is 28.2. The van der Waals surface area contributed by atoms with Gasteiger partial charge in [0.1, 0.15) is 11.4 Å². The Hall–Kier alpha value is -1.03. The number of carbonyl (C=O) groups is 2. The highest BCUT2D eigenvalue weighted by Gasteiger charge is 2.13. The van der Waals surface area contributed by atoms with Gasteiger partial charge in [0.05, 0.1) is 0 Å². The van der Waals surface area contributed by atoms with Crippen molar-refractivity contribution < 1.29 is 9.59 Å². The molecule has 0 saturated heterocycles. The fourth-order valence-electron chi connectivity index (χ4n) is 1.98. The van der Waals surface area contributed by atoms with Crippen LogP contribution in [0.5, 0.6) is 0 Å². The number of halogens is 1. The third kappa shape index (κ3) is 5.53. The van der Waals surface area contributed by atoms with Gasteiger partial charge < -0.3 is 0 Å². The third-order valence-corrected chi connectivity index (χ3v) is 3.55. The first-order valence-electron chi connectivity index (χ1n) is 7.32. The standard InChI is InChI=1S/C16H22BrNO2/c1-3-5-6-7-9-16(20)14-11-12(17)10-13(18-14)15(19)8-4-2/h10-11H,3-9H2,1-2H3. The summed E-state index contributed by atoms with van der Waals surface area (Å²) in [7, 11) is 0. The molecule has 0 aliphatic carbocycles. The SMILES string of the molecule is CCCCCCC(=O)c1cc(Br)cc(C(=O)CCC)n1. The minimum Gasteiger partial charge on any atom is -0.292 e. The van der Waals surface area contributed by atoms with Crippen molar-refractivity contribution in [3.05, 3.63) is 28.0 Å². The molecule has 1 aromatic heterocycles. The number of pyridine rings is 1. The summed E-state index contributed by atoms with van der Waals surface area (Å²) in [5, 5.41) is 0. The average molecular weight is 340 g/mol. The van der Waals surface area contributed by atoms with Crippen LogP contribution in [0.2, 0.25) is 0 Å². The van der Waals surface area contributed by atoms with E-state index in [9.17, 15) is 9.59 Å². The van der Waals surface area contributed by atoms with Crippen LogP contribution in [-0.2, 0) is 0 Å². The zero-order valence-electron chi connectivity index (χ0n) is 12.2. The lowest BCUT2D eigenvalue weighted by molar-refractivity contribution is 0.0971. The maximum Gasteiger partial charge on any atom is 0.181 e. The van der Waals surface area contributed by atoms with Crippen LogP contribution >= 0.6 is 15.9 Å². The Morgan fingerprint density at radius 1 is 0.950 bits per heavy atom. The van der Waals surface area contributed by atoms with Crippen LogP contribution in [0.15, 0.2) is 16.6 Å². The topological polar surface area (TPSA) is 47.0 Å². The average Bonchev–Trinajstić information content (AvgIpc) is 2.43. The number of Topliss-reactive ketones (excluding diaryl/α,β-unsaturated/α-hetero) is 2. The molecule has 0 amide bonds. The van der Waals surface area contributed by atoms with Gasteiger partial charge in [-0.3, -0.25) is 9.59 Å². The van der Waals surface area contributed by atoms with Gasteiger partial charge in [-0.05, 0) is 25.0 Å². The van der Waals surface area contributed by atoms with Crippen molar-refractivity contribution in [3.63, 3.8) is 0 Å². The largest absolute Gasteiger partial charge is 0.292 e. The van der Waals surface area contributed by atoms with Crippen molar-refractivity contribution in [2.24, 2.45) is 0 Å². The second-order valence-corrected chi connectivity index (χ2v) is 5.88. The summed E-state index contributed by atoms with van der Waals surface area (Å²) >= 11 is 3.35. The molecular formula is C16H22BrNO2. The Labute approximate surface area is 129 Å². The quantitative estimate of drug-likeness (QED) is 0.470. The number of nitrogens with zero attached hydrogens (tertiary/aromatic N) is 1. The van der Waals surface area contributed by atoms with E-state index in [2.05, 4.69) is 27.8 Å². The van der Waals surface area contributed by atoms with E-state index in [1.54, 1.807) is 12.1 Å². The fourth-order valence-corrected chi connectivity index (χ4v) is 2.41. The van der Waals surface area contributed by atoms with Gasteiger partial charge in [-0.1, -0.05) is 49.0 Å². The first kappa shape index (κ1) is 17.0. The maximum absolute atomic E-state index is 12.1. The monoisotopic (exact) mass is 339 g/mol. The maximum atomic E-state index is 12.1. The van der Waals surface area contributed by atoms with E-state index in [0.29, 0.717) is 24.2 Å². The van der Waals surface area contributed by atoms with E-state index in [0.717, 1.165) is 36.6 Å². The highest BCUT2D eigenvalue weighted by molar-refractivity contribution is 9.10. The van der Waals surface area contributed by atoms with Crippen molar-refractivity contribution in [1.29, 1.82) is 0 Å². The molecule has 0 aliphatic rings. The number of hydrogen-bond acceptors (Lipinski definition) is 3. The molecule has 0 bridgehead atoms. The molecule has 0 fully saturated rings. The zero-order chi connectivity index (χ0) is 15.0. The normalized spacial score (nSPS) is 10.6. The molecule has 0 aliphatic heterocycles. The van der Waals surface area contributed by atoms with Gasteiger partial charge >= 0.3 is 0 Å². The minimum absolute atomic E-state index is 0.00571. The zero-order valence-corrected chi connectivity index (χ0v) is 13.8. The van der Waals surface area contributed by atoms with Crippen molar-refractivity contribution in [3.8, 4) is 0 Å². The second-order valence-electron chi connectivity index (χ2n) is 4.96. The van der Waals surface area contributed by atoms with Crippen molar-refractivity contribution >= 4 is 27.5 Å². The second kappa shape index (κ2) is 9.01. The number of rotatable bonds is 9. The lowest BCUT2D eigenvalue weighted by Crippen LogP contribution is -2.08. The highest BCUT2D eigenvalue weighted by atomic mass is 79.9. The van der Waals surface area contributed by atoms with Crippen LogP contribution in [0.3, 0.4) is 0 Å². The van der Waals surface area contributed by atoms with Gasteiger partial charge in [0, 0.05) is 17.3 Å². The van der Waals surface area contributed by atoms with E-state index in [-0.39, 0.29) is 11.6 Å². The van der Waals surface area contributed by atoms with Crippen molar-refractivity contribution in [2.75, 3.05) is 0 Å². The molecule has 0 aromatic carbocycles. The lowest BCUT2D eigenvalue weighted by atomic mass is 10.1. The predicted octanol–water partition coefficient (Wildman–Crippen LogP) is 4.98. The van der Waals surface area contributed by atoms with Gasteiger partial charge in [0.2, 0.25) is 0 Å². The molecule has 0 spiro atoms. The lowest BCUT2D eigenvalue weighted by Gasteiger charge is -2.05. The minimum atomic E-state index is -0.00571. The van der Waals surface area contributed by atoms with Crippen LogP contribution < -0.4 is 0 Å². The van der Waals surface area contributed by atoms with Crippen molar-refractivity contribution in [2.45, 2.75) is 58.8 Å². The van der Waals surface area contributed by atoms with E-state index in [4.69, 9.17) is 0 Å². The molecule has 0 radical (unpaired) electrons. The molecule has 0 N–H and O–H groups in total. The number of hydrogen-bond donors (Lipinski definition) is 0. The van der Waals surface area contributed by atoms with Gasteiger partial charge in [0.25, 0.3) is 0 Å². The fraction of sp³-hybridized carbons (Fsp3) is 0.562. The van der Waals surface area contributed by atoms with Crippen LogP contribution in [0.4, 0.5) is 0 Å². The van der Waals surface area contributed by atoms with Gasteiger partial charge in [-0.2, -0.15) is 0 Å². The molecule has 110 valence electrons. The van der Waals surface area contributed by atoms with Crippen LogP contribution in [-0.4, -0.2) is 16.6 Å². The van der Waals surface area contributed by atoms with E-state index >= 15 is 0 Å². The van der Waals surface area contributed by atoms with Crippen LogP contribution in [0, 0.1) is 0 Å². The summed E-state index contributed by atoms with van der Waals surface area (Å²) in [6.45, 7) is 4.10. The molecule has 20 heavy (non-hydrogen) atoms. The van der Waals surface area contributed by atoms with E-state index in [1.807, 2.05) is 6.92 Å². The van der Waals surface area contributed by atoms with Gasteiger partial charge in [-0.15, -0.1) is 0 Å². The molecule has 0 atom stereocenters. The summed E-state index contributed by atoms with van der Waals surface area (Å²) in [5.74, 6) is 0.0155. The van der Waals surface area contributed by atoms with E-state index in [1.165, 1.54) is 0 Å². The molecule has 0 unspecified atom stereocenters. The number of carbonyl (C=O) groups excluding carboxylic acids is 2. The molecule has 1 aromatic rings. The number of aromatic nitrogens is 1. The summed E-state index contributed by atoms with van der Waals surface area (Å²) in [5.41, 5.74) is 0.786. The Bertz CT molecular complexity index is 472.